The molecule has 1 N–H and O–H groups in total. The molecule has 1 fully saturated rings. The van der Waals surface area contributed by atoms with E-state index in [1.165, 1.54) is 5.56 Å². The van der Waals surface area contributed by atoms with Crippen LogP contribution in [0.2, 0.25) is 0 Å². The SMILES string of the molecule is COc1ccc(NC(=O)c2nnc3n2C[C@H]2CN(Cc4ccccc4OC)C[C@H]2C3)cc1. The number of carbonyl (C=O) groups excluding carboxylic acids is 1. The molecular formula is C24H27N5O3. The molecule has 1 aromatic heterocycles. The molecule has 8 heteroatoms. The third-order valence-electron chi connectivity index (χ3n) is 6.48. The summed E-state index contributed by atoms with van der Waals surface area (Å²) in [6.07, 6.45) is 0.843. The number of aromatic nitrogens is 3. The maximum absolute atomic E-state index is 12.9. The van der Waals surface area contributed by atoms with E-state index in [4.69, 9.17) is 9.47 Å². The zero-order valence-corrected chi connectivity index (χ0v) is 18.3. The summed E-state index contributed by atoms with van der Waals surface area (Å²) in [5, 5.41) is 11.5. The summed E-state index contributed by atoms with van der Waals surface area (Å²) in [7, 11) is 3.33. The predicted molar refractivity (Wildman–Crippen MR) is 120 cm³/mol. The fourth-order valence-electron chi connectivity index (χ4n) is 4.85. The van der Waals surface area contributed by atoms with Crippen LogP contribution in [0.4, 0.5) is 5.69 Å². The molecule has 8 nitrogen and oxygen atoms in total. The number of methoxy groups -OCH3 is 2. The van der Waals surface area contributed by atoms with Gasteiger partial charge in [-0.25, -0.2) is 0 Å². The van der Waals surface area contributed by atoms with Crippen LogP contribution < -0.4 is 14.8 Å². The molecule has 0 aliphatic carbocycles. The molecule has 3 heterocycles. The van der Waals surface area contributed by atoms with Crippen LogP contribution in [0.15, 0.2) is 48.5 Å². The van der Waals surface area contributed by atoms with Crippen molar-refractivity contribution in [2.24, 2.45) is 11.8 Å². The van der Waals surface area contributed by atoms with Gasteiger partial charge >= 0.3 is 0 Å². The van der Waals surface area contributed by atoms with Gasteiger partial charge in [-0.1, -0.05) is 18.2 Å². The molecule has 32 heavy (non-hydrogen) atoms. The molecule has 0 saturated carbocycles. The van der Waals surface area contributed by atoms with Gasteiger partial charge in [-0.15, -0.1) is 10.2 Å². The van der Waals surface area contributed by atoms with Gasteiger partial charge < -0.3 is 19.4 Å². The molecule has 3 aromatic rings. The smallest absolute Gasteiger partial charge is 0.293 e. The van der Waals surface area contributed by atoms with E-state index in [0.717, 1.165) is 49.9 Å². The zero-order valence-electron chi connectivity index (χ0n) is 18.3. The number of benzene rings is 2. The third-order valence-corrected chi connectivity index (χ3v) is 6.48. The number of fused-ring (bicyclic) bond motifs is 2. The Balaban J connectivity index is 1.26. The van der Waals surface area contributed by atoms with Crippen molar-refractivity contribution in [2.45, 2.75) is 19.5 Å². The highest BCUT2D eigenvalue weighted by Crippen LogP contribution is 2.34. The van der Waals surface area contributed by atoms with E-state index in [1.54, 1.807) is 14.2 Å². The van der Waals surface area contributed by atoms with Crippen LogP contribution in [-0.4, -0.2) is 52.9 Å². The number of nitrogens with zero attached hydrogens (tertiary/aromatic N) is 4. The Morgan fingerprint density at radius 3 is 2.56 bits per heavy atom. The number of carbonyl (C=O) groups is 1. The maximum atomic E-state index is 12.9. The molecule has 2 aromatic carbocycles. The molecule has 166 valence electrons. The Bertz CT molecular complexity index is 1110. The van der Waals surface area contributed by atoms with Gasteiger partial charge in [0.25, 0.3) is 5.91 Å². The van der Waals surface area contributed by atoms with E-state index in [9.17, 15) is 4.79 Å². The van der Waals surface area contributed by atoms with Gasteiger partial charge in [0.2, 0.25) is 5.82 Å². The number of amides is 1. The standard InChI is InChI=1S/C24H27N5O3/c1-31-20-9-7-19(8-10-20)25-24(30)23-27-26-22-11-17-13-28(14-18(17)15-29(22)23)12-16-5-3-4-6-21(16)32-2/h3-10,17-18H,11-15H2,1-2H3,(H,25,30)/t17-,18-/m1/s1. The zero-order chi connectivity index (χ0) is 22.1. The second kappa shape index (κ2) is 8.63. The lowest BCUT2D eigenvalue weighted by molar-refractivity contribution is 0.100. The molecule has 2 aliphatic heterocycles. The third kappa shape index (κ3) is 3.93. The highest BCUT2D eigenvalue weighted by Gasteiger charge is 2.39. The molecule has 1 amide bonds. The summed E-state index contributed by atoms with van der Waals surface area (Å²) in [4.78, 5) is 15.4. The van der Waals surface area contributed by atoms with E-state index in [2.05, 4.69) is 32.5 Å². The first kappa shape index (κ1) is 20.5. The van der Waals surface area contributed by atoms with Gasteiger partial charge in [-0.2, -0.15) is 0 Å². The van der Waals surface area contributed by atoms with Gasteiger partial charge in [-0.05, 0) is 42.2 Å². The summed E-state index contributed by atoms with van der Waals surface area (Å²) in [5.74, 6) is 3.70. The molecule has 0 bridgehead atoms. The second-order valence-corrected chi connectivity index (χ2v) is 8.46. The van der Waals surface area contributed by atoms with Crippen LogP contribution in [-0.2, 0) is 19.5 Å². The number of ether oxygens (including phenoxy) is 2. The molecule has 2 atom stereocenters. The van der Waals surface area contributed by atoms with Crippen LogP contribution in [0.5, 0.6) is 11.5 Å². The van der Waals surface area contributed by atoms with Crippen LogP contribution in [0.25, 0.3) is 0 Å². The topological polar surface area (TPSA) is 81.5 Å². The van der Waals surface area contributed by atoms with E-state index in [-0.39, 0.29) is 5.91 Å². The van der Waals surface area contributed by atoms with Gasteiger partial charge in [0.05, 0.1) is 14.2 Å². The molecule has 1 saturated heterocycles. The molecule has 0 radical (unpaired) electrons. The fraction of sp³-hybridized carbons (Fsp3) is 0.375. The molecule has 0 unspecified atom stereocenters. The van der Waals surface area contributed by atoms with Gasteiger partial charge in [0, 0.05) is 43.9 Å². The van der Waals surface area contributed by atoms with E-state index in [0.29, 0.717) is 23.3 Å². The molecule has 2 aliphatic rings. The first-order valence-electron chi connectivity index (χ1n) is 10.9. The lowest BCUT2D eigenvalue weighted by atomic mass is 9.89. The Kier molecular flexibility index (Phi) is 5.53. The minimum atomic E-state index is -0.240. The maximum Gasteiger partial charge on any atom is 0.293 e. The van der Waals surface area contributed by atoms with Crippen molar-refractivity contribution >= 4 is 11.6 Å². The lowest BCUT2D eigenvalue weighted by Gasteiger charge is -2.25. The Labute approximate surface area is 187 Å². The summed E-state index contributed by atoms with van der Waals surface area (Å²) in [5.41, 5.74) is 1.90. The Hall–Kier alpha value is -3.39. The van der Waals surface area contributed by atoms with Crippen LogP contribution in [0.1, 0.15) is 22.0 Å². The number of rotatable bonds is 6. The number of para-hydroxylation sites is 1. The quantitative estimate of drug-likeness (QED) is 0.644. The number of anilines is 1. The summed E-state index contributed by atoms with van der Waals surface area (Å²) < 4.78 is 12.7. The predicted octanol–water partition coefficient (Wildman–Crippen LogP) is 2.85. The number of likely N-dealkylation sites (tertiary alicyclic amines) is 1. The first-order valence-corrected chi connectivity index (χ1v) is 10.9. The minimum absolute atomic E-state index is 0.240. The van der Waals surface area contributed by atoms with Crippen LogP contribution in [0, 0.1) is 11.8 Å². The Morgan fingerprint density at radius 1 is 1.00 bits per heavy atom. The van der Waals surface area contributed by atoms with Gasteiger partial charge in [0.1, 0.15) is 17.3 Å². The molecular weight excluding hydrogens is 406 g/mol. The first-order chi connectivity index (χ1) is 15.6. The van der Waals surface area contributed by atoms with Gasteiger partial charge in [-0.3, -0.25) is 9.69 Å². The van der Waals surface area contributed by atoms with Crippen molar-refractivity contribution < 1.29 is 14.3 Å². The van der Waals surface area contributed by atoms with Crippen molar-refractivity contribution in [3.63, 3.8) is 0 Å². The minimum Gasteiger partial charge on any atom is -0.497 e. The highest BCUT2D eigenvalue weighted by atomic mass is 16.5. The highest BCUT2D eigenvalue weighted by molar-refractivity contribution is 6.01. The Morgan fingerprint density at radius 2 is 1.78 bits per heavy atom. The van der Waals surface area contributed by atoms with E-state index < -0.39 is 0 Å². The van der Waals surface area contributed by atoms with Crippen molar-refractivity contribution in [3.05, 3.63) is 65.7 Å². The summed E-state index contributed by atoms with van der Waals surface area (Å²) in [6, 6.07) is 15.4. The molecule has 0 spiro atoms. The average molecular weight is 434 g/mol. The van der Waals surface area contributed by atoms with Crippen molar-refractivity contribution in [1.29, 1.82) is 0 Å². The van der Waals surface area contributed by atoms with E-state index in [1.807, 2.05) is 41.0 Å². The van der Waals surface area contributed by atoms with Gasteiger partial charge in [0.15, 0.2) is 0 Å². The number of hydrogen-bond donors (Lipinski definition) is 1. The van der Waals surface area contributed by atoms with Crippen LogP contribution in [0.3, 0.4) is 0 Å². The summed E-state index contributed by atoms with van der Waals surface area (Å²) >= 11 is 0. The largest absolute Gasteiger partial charge is 0.497 e. The molecule has 5 rings (SSSR count). The average Bonchev–Trinajstić information content (AvgIpc) is 3.41. The summed E-state index contributed by atoms with van der Waals surface area (Å²) in [6.45, 7) is 3.63. The second-order valence-electron chi connectivity index (χ2n) is 8.46. The number of nitrogens with one attached hydrogen (secondary N) is 1. The number of hydrogen-bond acceptors (Lipinski definition) is 6. The lowest BCUT2D eigenvalue weighted by Crippen LogP contribution is -2.31. The van der Waals surface area contributed by atoms with Crippen molar-refractivity contribution in [3.8, 4) is 11.5 Å². The van der Waals surface area contributed by atoms with Crippen molar-refractivity contribution in [2.75, 3.05) is 32.6 Å². The fourth-order valence-corrected chi connectivity index (χ4v) is 4.85. The van der Waals surface area contributed by atoms with E-state index >= 15 is 0 Å². The normalized spacial score (nSPS) is 19.8. The van der Waals surface area contributed by atoms with Crippen LogP contribution >= 0.6 is 0 Å². The van der Waals surface area contributed by atoms with Crippen molar-refractivity contribution in [1.82, 2.24) is 19.7 Å². The monoisotopic (exact) mass is 433 g/mol.